The van der Waals surface area contributed by atoms with Crippen LogP contribution in [0.1, 0.15) is 16.7 Å². The van der Waals surface area contributed by atoms with Crippen molar-refractivity contribution < 1.29 is 23.7 Å². The van der Waals surface area contributed by atoms with Gasteiger partial charge < -0.3 is 24.3 Å². The van der Waals surface area contributed by atoms with Gasteiger partial charge in [0.25, 0.3) is 5.91 Å². The number of amides is 1. The molecule has 3 aromatic carbocycles. The normalized spacial score (nSPS) is 12.1. The number of anilines is 1. The average Bonchev–Trinajstić information content (AvgIpc) is 3.29. The monoisotopic (exact) mass is 442 g/mol. The van der Waals surface area contributed by atoms with Crippen molar-refractivity contribution in [2.24, 2.45) is 0 Å². The standard InChI is InChI=1S/C26H22N2O5/c1-17-4-3-5-21(10-17)28-26(29)20(14-27)11-18-6-8-22(24(12-18)30-2)31-15-19-7-9-23-25(13-19)33-16-32-23/h3-13H,15-16H2,1-2H3,(H,28,29)/b20-11-. The molecule has 7 heteroatoms. The molecule has 0 saturated carbocycles. The van der Waals surface area contributed by atoms with Crippen molar-refractivity contribution in [2.75, 3.05) is 19.2 Å². The number of nitrogens with one attached hydrogen (secondary N) is 1. The molecule has 0 unspecified atom stereocenters. The van der Waals surface area contributed by atoms with Crippen LogP contribution < -0.4 is 24.3 Å². The van der Waals surface area contributed by atoms with Gasteiger partial charge in [-0.15, -0.1) is 0 Å². The molecule has 1 heterocycles. The van der Waals surface area contributed by atoms with Crippen molar-refractivity contribution >= 4 is 17.7 Å². The molecule has 1 amide bonds. The fraction of sp³-hybridized carbons (Fsp3) is 0.154. The Hall–Kier alpha value is -4.44. The van der Waals surface area contributed by atoms with Crippen LogP contribution in [0.5, 0.6) is 23.0 Å². The summed E-state index contributed by atoms with van der Waals surface area (Å²) >= 11 is 0. The summed E-state index contributed by atoms with van der Waals surface area (Å²) < 4.78 is 22.1. The molecular formula is C26H22N2O5. The molecule has 0 aliphatic carbocycles. The van der Waals surface area contributed by atoms with E-state index < -0.39 is 5.91 Å². The van der Waals surface area contributed by atoms with E-state index in [0.29, 0.717) is 40.9 Å². The van der Waals surface area contributed by atoms with Crippen LogP contribution >= 0.6 is 0 Å². The molecule has 0 saturated heterocycles. The Bertz CT molecular complexity index is 1260. The Morgan fingerprint density at radius 3 is 2.73 bits per heavy atom. The molecule has 0 radical (unpaired) electrons. The van der Waals surface area contributed by atoms with Crippen molar-refractivity contribution in [2.45, 2.75) is 13.5 Å². The number of nitriles is 1. The molecule has 1 aliphatic rings. The third kappa shape index (κ3) is 5.25. The summed E-state index contributed by atoms with van der Waals surface area (Å²) in [5.74, 6) is 1.95. The summed E-state index contributed by atoms with van der Waals surface area (Å²) in [4.78, 5) is 12.5. The Labute approximate surface area is 191 Å². The second-order valence-corrected chi connectivity index (χ2v) is 7.38. The number of benzene rings is 3. The molecule has 0 aromatic heterocycles. The van der Waals surface area contributed by atoms with Gasteiger partial charge in [-0.25, -0.2) is 0 Å². The van der Waals surface area contributed by atoms with Crippen molar-refractivity contribution in [3.63, 3.8) is 0 Å². The zero-order chi connectivity index (χ0) is 23.2. The maximum absolute atomic E-state index is 12.5. The van der Waals surface area contributed by atoms with Crippen LogP contribution in [0.25, 0.3) is 6.08 Å². The van der Waals surface area contributed by atoms with E-state index in [-0.39, 0.29) is 12.4 Å². The van der Waals surface area contributed by atoms with E-state index in [9.17, 15) is 10.1 Å². The van der Waals surface area contributed by atoms with E-state index in [1.807, 2.05) is 49.4 Å². The number of carbonyl (C=O) groups is 1. The molecule has 4 rings (SSSR count). The molecule has 0 fully saturated rings. The molecule has 0 atom stereocenters. The number of methoxy groups -OCH3 is 1. The topological polar surface area (TPSA) is 89.8 Å². The molecule has 1 N–H and O–H groups in total. The van der Waals surface area contributed by atoms with Gasteiger partial charge in [0, 0.05) is 5.69 Å². The Balaban J connectivity index is 1.47. The number of rotatable bonds is 7. The molecule has 7 nitrogen and oxygen atoms in total. The molecule has 0 bridgehead atoms. The Morgan fingerprint density at radius 1 is 1.09 bits per heavy atom. The van der Waals surface area contributed by atoms with Gasteiger partial charge >= 0.3 is 0 Å². The molecule has 33 heavy (non-hydrogen) atoms. The van der Waals surface area contributed by atoms with E-state index >= 15 is 0 Å². The average molecular weight is 442 g/mol. The van der Waals surface area contributed by atoms with Gasteiger partial charge in [-0.3, -0.25) is 4.79 Å². The number of ether oxygens (including phenoxy) is 4. The van der Waals surface area contributed by atoms with Crippen LogP contribution in [0.4, 0.5) is 5.69 Å². The second kappa shape index (κ2) is 9.79. The first kappa shape index (κ1) is 21.8. The minimum absolute atomic E-state index is 0.0208. The first-order valence-electron chi connectivity index (χ1n) is 10.2. The molecular weight excluding hydrogens is 420 g/mol. The van der Waals surface area contributed by atoms with Crippen LogP contribution in [0.3, 0.4) is 0 Å². The van der Waals surface area contributed by atoms with Gasteiger partial charge in [0.1, 0.15) is 18.2 Å². The Kier molecular flexibility index (Phi) is 6.46. The summed E-state index contributed by atoms with van der Waals surface area (Å²) in [6.45, 7) is 2.46. The quantitative estimate of drug-likeness (QED) is 0.415. The van der Waals surface area contributed by atoms with E-state index in [1.165, 1.54) is 13.2 Å². The first-order valence-corrected chi connectivity index (χ1v) is 10.2. The highest BCUT2D eigenvalue weighted by molar-refractivity contribution is 6.09. The molecule has 166 valence electrons. The summed E-state index contributed by atoms with van der Waals surface area (Å²) in [7, 11) is 1.53. The molecule has 3 aromatic rings. The van der Waals surface area contributed by atoms with E-state index in [1.54, 1.807) is 24.3 Å². The SMILES string of the molecule is COc1cc(/C=C(/C#N)C(=O)Nc2cccc(C)c2)ccc1OCc1ccc2c(c1)OCO2. The maximum Gasteiger partial charge on any atom is 0.266 e. The highest BCUT2D eigenvalue weighted by Crippen LogP contribution is 2.34. The maximum atomic E-state index is 12.5. The van der Waals surface area contributed by atoms with Gasteiger partial charge in [0.2, 0.25) is 6.79 Å². The van der Waals surface area contributed by atoms with Gasteiger partial charge in [-0.1, -0.05) is 24.3 Å². The fourth-order valence-electron chi connectivity index (χ4n) is 3.32. The highest BCUT2D eigenvalue weighted by atomic mass is 16.7. The minimum Gasteiger partial charge on any atom is -0.493 e. The summed E-state index contributed by atoms with van der Waals surface area (Å²) in [6.07, 6.45) is 1.51. The van der Waals surface area contributed by atoms with Crippen LogP contribution in [-0.2, 0) is 11.4 Å². The minimum atomic E-state index is -0.481. The summed E-state index contributed by atoms with van der Waals surface area (Å²) in [5, 5.41) is 12.2. The van der Waals surface area contributed by atoms with Crippen molar-refractivity contribution in [3.05, 3.63) is 82.9 Å². The zero-order valence-electron chi connectivity index (χ0n) is 18.3. The number of aryl methyl sites for hydroxylation is 1. The Morgan fingerprint density at radius 2 is 1.94 bits per heavy atom. The predicted molar refractivity (Wildman–Crippen MR) is 123 cm³/mol. The van der Waals surface area contributed by atoms with Crippen LogP contribution in [-0.4, -0.2) is 19.8 Å². The lowest BCUT2D eigenvalue weighted by atomic mass is 10.1. The molecule has 0 spiro atoms. The highest BCUT2D eigenvalue weighted by Gasteiger charge is 2.14. The number of fused-ring (bicyclic) bond motifs is 1. The predicted octanol–water partition coefficient (Wildman–Crippen LogP) is 4.86. The third-order valence-corrected chi connectivity index (χ3v) is 4.97. The van der Waals surface area contributed by atoms with Crippen LogP contribution in [0, 0.1) is 18.3 Å². The lowest BCUT2D eigenvalue weighted by Crippen LogP contribution is -2.13. The number of carbonyl (C=O) groups excluding carboxylic acids is 1. The van der Waals surface area contributed by atoms with Crippen molar-refractivity contribution in [1.29, 1.82) is 5.26 Å². The van der Waals surface area contributed by atoms with E-state index in [0.717, 1.165) is 11.1 Å². The lowest BCUT2D eigenvalue weighted by molar-refractivity contribution is -0.112. The largest absolute Gasteiger partial charge is 0.493 e. The van der Waals surface area contributed by atoms with Crippen molar-refractivity contribution in [3.8, 4) is 29.1 Å². The van der Waals surface area contributed by atoms with Gasteiger partial charge in [0.15, 0.2) is 23.0 Å². The summed E-state index contributed by atoms with van der Waals surface area (Å²) in [5.41, 5.74) is 3.18. The number of nitrogens with zero attached hydrogens (tertiary/aromatic N) is 1. The van der Waals surface area contributed by atoms with Gasteiger partial charge in [-0.05, 0) is 66.1 Å². The van der Waals surface area contributed by atoms with Gasteiger partial charge in [-0.2, -0.15) is 5.26 Å². The zero-order valence-corrected chi connectivity index (χ0v) is 18.3. The van der Waals surface area contributed by atoms with E-state index in [4.69, 9.17) is 18.9 Å². The third-order valence-electron chi connectivity index (χ3n) is 4.97. The van der Waals surface area contributed by atoms with Gasteiger partial charge in [0.05, 0.1) is 7.11 Å². The van der Waals surface area contributed by atoms with Crippen molar-refractivity contribution in [1.82, 2.24) is 0 Å². The second-order valence-electron chi connectivity index (χ2n) is 7.38. The number of hydrogen-bond acceptors (Lipinski definition) is 6. The van der Waals surface area contributed by atoms with Crippen LogP contribution in [0.15, 0.2) is 66.2 Å². The van der Waals surface area contributed by atoms with Crippen LogP contribution in [0.2, 0.25) is 0 Å². The summed E-state index contributed by atoms with van der Waals surface area (Å²) in [6, 6.07) is 20.2. The first-order chi connectivity index (χ1) is 16.1. The number of hydrogen-bond donors (Lipinski definition) is 1. The fourth-order valence-corrected chi connectivity index (χ4v) is 3.32. The lowest BCUT2D eigenvalue weighted by Gasteiger charge is -2.12. The van der Waals surface area contributed by atoms with E-state index in [2.05, 4.69) is 5.32 Å². The molecule has 1 aliphatic heterocycles. The smallest absolute Gasteiger partial charge is 0.266 e.